The molecule has 0 N–H and O–H groups in total. The maximum absolute atomic E-state index is 6.56. The van der Waals surface area contributed by atoms with Gasteiger partial charge in [0.15, 0.2) is 0 Å². The second kappa shape index (κ2) is 11.0. The second-order valence-electron chi connectivity index (χ2n) is 12.6. The van der Waals surface area contributed by atoms with E-state index in [1.54, 1.807) is 0 Å². The predicted molar refractivity (Wildman–Crippen MR) is 206 cm³/mol. The zero-order valence-electron chi connectivity index (χ0n) is 26.6. The van der Waals surface area contributed by atoms with Crippen LogP contribution in [0.4, 0.5) is 17.1 Å². The van der Waals surface area contributed by atoms with Crippen LogP contribution >= 0.6 is 0 Å². The fourth-order valence-corrected chi connectivity index (χ4v) is 7.58. The van der Waals surface area contributed by atoms with Gasteiger partial charge < -0.3 is 13.9 Å². The van der Waals surface area contributed by atoms with Crippen molar-refractivity contribution in [2.24, 2.45) is 0 Å². The van der Waals surface area contributed by atoms with Gasteiger partial charge in [0.1, 0.15) is 11.2 Å². The number of anilines is 3. The van der Waals surface area contributed by atoms with Crippen LogP contribution in [0.5, 0.6) is 0 Å². The lowest BCUT2D eigenvalue weighted by Crippen LogP contribution is -2.09. The Morgan fingerprint density at radius 2 is 1.06 bits per heavy atom. The first-order chi connectivity index (χ1) is 24.3. The van der Waals surface area contributed by atoms with Gasteiger partial charge in [0.25, 0.3) is 0 Å². The van der Waals surface area contributed by atoms with E-state index in [0.717, 1.165) is 44.7 Å². The van der Waals surface area contributed by atoms with Crippen molar-refractivity contribution in [2.45, 2.75) is 0 Å². The van der Waals surface area contributed by atoms with Gasteiger partial charge in [-0.2, -0.15) is 0 Å². The highest BCUT2D eigenvalue weighted by Gasteiger charge is 2.20. The van der Waals surface area contributed by atoms with Crippen LogP contribution in [0.15, 0.2) is 186 Å². The fourth-order valence-electron chi connectivity index (χ4n) is 7.58. The molecule has 8 aromatic carbocycles. The third-order valence-corrected chi connectivity index (χ3v) is 9.76. The van der Waals surface area contributed by atoms with Gasteiger partial charge in [-0.05, 0) is 88.6 Å². The van der Waals surface area contributed by atoms with Crippen LogP contribution in [0.3, 0.4) is 0 Å². The summed E-state index contributed by atoms with van der Waals surface area (Å²) in [5.41, 5.74) is 10.8. The molecule has 0 bridgehead atoms. The van der Waals surface area contributed by atoms with E-state index < -0.39 is 0 Å². The van der Waals surface area contributed by atoms with E-state index in [2.05, 4.69) is 191 Å². The first-order valence-corrected chi connectivity index (χ1v) is 16.7. The summed E-state index contributed by atoms with van der Waals surface area (Å²) in [5, 5.41) is 7.20. The Morgan fingerprint density at radius 1 is 0.388 bits per heavy atom. The van der Waals surface area contributed by atoms with Gasteiger partial charge in [-0.25, -0.2) is 0 Å². The van der Waals surface area contributed by atoms with Crippen molar-refractivity contribution in [3.63, 3.8) is 0 Å². The highest BCUT2D eigenvalue weighted by atomic mass is 16.3. The van der Waals surface area contributed by atoms with E-state index >= 15 is 0 Å². The van der Waals surface area contributed by atoms with E-state index in [0.29, 0.717) is 0 Å². The minimum absolute atomic E-state index is 0.866. The van der Waals surface area contributed by atoms with E-state index in [-0.39, 0.29) is 0 Å². The topological polar surface area (TPSA) is 21.3 Å². The number of benzene rings is 8. The molecule has 3 heteroatoms. The van der Waals surface area contributed by atoms with Crippen LogP contribution in [0.1, 0.15) is 0 Å². The molecule has 0 spiro atoms. The number of hydrogen-bond acceptors (Lipinski definition) is 2. The van der Waals surface area contributed by atoms with Crippen molar-refractivity contribution in [3.8, 4) is 16.8 Å². The van der Waals surface area contributed by atoms with Gasteiger partial charge in [-0.15, -0.1) is 0 Å². The smallest absolute Gasteiger partial charge is 0.137 e. The Morgan fingerprint density at radius 3 is 1.90 bits per heavy atom. The number of hydrogen-bond donors (Lipinski definition) is 0. The molecule has 3 nitrogen and oxygen atoms in total. The van der Waals surface area contributed by atoms with E-state index in [1.165, 1.54) is 43.7 Å². The highest BCUT2D eigenvalue weighted by Crippen LogP contribution is 2.43. The lowest BCUT2D eigenvalue weighted by molar-refractivity contribution is 0.669. The van der Waals surface area contributed by atoms with Crippen LogP contribution in [-0.4, -0.2) is 4.57 Å². The summed E-state index contributed by atoms with van der Waals surface area (Å²) in [5.74, 6) is 0. The molecule has 0 atom stereocenters. The highest BCUT2D eigenvalue weighted by molar-refractivity contribution is 6.22. The second-order valence-corrected chi connectivity index (χ2v) is 12.6. The number of para-hydroxylation sites is 2. The third-order valence-electron chi connectivity index (χ3n) is 9.76. The monoisotopic (exact) mass is 626 g/mol. The summed E-state index contributed by atoms with van der Waals surface area (Å²) < 4.78 is 8.98. The van der Waals surface area contributed by atoms with E-state index in [1.807, 2.05) is 0 Å². The Bertz CT molecular complexity index is 2810. The number of rotatable bonds is 5. The summed E-state index contributed by atoms with van der Waals surface area (Å²) in [6, 6.07) is 64.8. The van der Waals surface area contributed by atoms with Crippen molar-refractivity contribution in [1.29, 1.82) is 0 Å². The van der Waals surface area contributed by atoms with Crippen molar-refractivity contribution >= 4 is 71.6 Å². The zero-order chi connectivity index (χ0) is 32.3. The molecule has 0 fully saturated rings. The van der Waals surface area contributed by atoms with Crippen molar-refractivity contribution < 1.29 is 4.42 Å². The van der Waals surface area contributed by atoms with Gasteiger partial charge in [0.2, 0.25) is 0 Å². The molecular formula is C46H30N2O. The summed E-state index contributed by atoms with van der Waals surface area (Å²) in [6.07, 6.45) is 0. The molecule has 0 unspecified atom stereocenters. The largest absolute Gasteiger partial charge is 0.456 e. The molecule has 0 saturated heterocycles. The van der Waals surface area contributed by atoms with Crippen LogP contribution in [0.2, 0.25) is 0 Å². The molecule has 0 aliphatic rings. The van der Waals surface area contributed by atoms with Crippen molar-refractivity contribution in [1.82, 2.24) is 4.57 Å². The maximum Gasteiger partial charge on any atom is 0.137 e. The summed E-state index contributed by atoms with van der Waals surface area (Å²) >= 11 is 0. The Labute approximate surface area is 283 Å². The molecule has 0 aliphatic heterocycles. The molecule has 49 heavy (non-hydrogen) atoms. The van der Waals surface area contributed by atoms with Crippen LogP contribution in [0, 0.1) is 0 Å². The number of nitrogens with zero attached hydrogens (tertiary/aromatic N) is 2. The summed E-state index contributed by atoms with van der Waals surface area (Å²) in [7, 11) is 0. The Balaban J connectivity index is 1.20. The van der Waals surface area contributed by atoms with Crippen LogP contribution in [-0.2, 0) is 0 Å². The van der Waals surface area contributed by atoms with E-state index in [4.69, 9.17) is 4.42 Å². The lowest BCUT2D eigenvalue weighted by atomic mass is 10.0. The molecule has 0 radical (unpaired) electrons. The average Bonchev–Trinajstić information content (AvgIpc) is 3.72. The average molecular weight is 627 g/mol. The number of fused-ring (bicyclic) bond motifs is 8. The quantitative estimate of drug-likeness (QED) is 0.190. The van der Waals surface area contributed by atoms with Crippen molar-refractivity contribution in [2.75, 3.05) is 4.90 Å². The Hall–Kier alpha value is -6.58. The first kappa shape index (κ1) is 27.5. The molecule has 10 aromatic rings. The molecule has 2 heterocycles. The molecule has 0 amide bonds. The van der Waals surface area contributed by atoms with Gasteiger partial charge in [-0.3, -0.25) is 0 Å². The molecular weight excluding hydrogens is 597 g/mol. The van der Waals surface area contributed by atoms with Crippen molar-refractivity contribution in [3.05, 3.63) is 182 Å². The molecule has 230 valence electrons. The molecule has 0 aliphatic carbocycles. The van der Waals surface area contributed by atoms with Gasteiger partial charge in [0, 0.05) is 33.2 Å². The summed E-state index contributed by atoms with van der Waals surface area (Å²) in [4.78, 5) is 2.32. The van der Waals surface area contributed by atoms with Crippen LogP contribution in [0.25, 0.3) is 71.3 Å². The zero-order valence-corrected chi connectivity index (χ0v) is 26.6. The minimum Gasteiger partial charge on any atom is -0.456 e. The minimum atomic E-state index is 0.866. The maximum atomic E-state index is 6.56. The molecule has 2 aromatic heterocycles. The predicted octanol–water partition coefficient (Wildman–Crippen LogP) is 13.0. The van der Waals surface area contributed by atoms with E-state index in [9.17, 15) is 0 Å². The first-order valence-electron chi connectivity index (χ1n) is 16.7. The normalized spacial score (nSPS) is 11.7. The summed E-state index contributed by atoms with van der Waals surface area (Å²) in [6.45, 7) is 0. The van der Waals surface area contributed by atoms with Gasteiger partial charge in [-0.1, -0.05) is 115 Å². The van der Waals surface area contributed by atoms with Gasteiger partial charge >= 0.3 is 0 Å². The SMILES string of the molecule is c1ccc(-c2ccc(N(c3ccccc3)c3ccc4oc5cccc(-n6c7ccccc7c7c8ccccc8ccc76)c5c4c3)cc2)cc1. The fraction of sp³-hybridized carbons (Fsp3) is 0. The third kappa shape index (κ3) is 4.37. The standard InChI is InChI=1S/C46H30N2O/c1-3-12-31(13-4-1)32-22-25-35(26-23-32)47(34-15-5-2-6-16-34)36-27-29-43-39(30-36)46-41(20-11-21-44(46)49-43)48-40-19-10-9-18-38(40)45-37-17-8-7-14-33(37)24-28-42(45)48/h1-30H. The number of aromatic nitrogens is 1. The molecule has 0 saturated carbocycles. The molecule has 10 rings (SSSR count). The number of furan rings is 1. The van der Waals surface area contributed by atoms with Crippen LogP contribution < -0.4 is 4.90 Å². The van der Waals surface area contributed by atoms with Gasteiger partial charge in [0.05, 0.1) is 22.1 Å². The lowest BCUT2D eigenvalue weighted by Gasteiger charge is -2.25. The Kier molecular flexibility index (Phi) is 6.18.